The lowest BCUT2D eigenvalue weighted by Crippen LogP contribution is -2.40. The molecule has 0 aliphatic carbocycles. The van der Waals surface area contributed by atoms with Crippen molar-refractivity contribution in [2.45, 2.75) is 45.2 Å². The van der Waals surface area contributed by atoms with Crippen molar-refractivity contribution < 1.29 is 0 Å². The molecule has 0 aromatic rings. The quantitative estimate of drug-likeness (QED) is 0.617. The molecule has 0 amide bonds. The van der Waals surface area contributed by atoms with E-state index in [2.05, 4.69) is 35.8 Å². The fourth-order valence-electron chi connectivity index (χ4n) is 1.25. The zero-order valence-electron chi connectivity index (χ0n) is 9.09. The van der Waals surface area contributed by atoms with Gasteiger partial charge in [0.1, 0.15) is 0 Å². The Morgan fingerprint density at radius 1 is 1.15 bits per heavy atom. The second kappa shape index (κ2) is 9.19. The van der Waals surface area contributed by atoms with Crippen molar-refractivity contribution in [2.75, 3.05) is 12.5 Å². The molecular formula is C9H22N2S2. The van der Waals surface area contributed by atoms with Crippen molar-refractivity contribution in [3.63, 3.8) is 0 Å². The highest BCUT2D eigenvalue weighted by atomic mass is 32.2. The summed E-state index contributed by atoms with van der Waals surface area (Å²) in [6.45, 7) is 4.48. The standard InChI is InChI=1S/C9H22N2S2/c1-5-6-7-9(11-13-4)8(2)10-12-3/h8-11H,5-7H2,1-4H3. The molecule has 0 aromatic carbocycles. The van der Waals surface area contributed by atoms with Crippen LogP contribution in [0.3, 0.4) is 0 Å². The molecule has 0 spiro atoms. The predicted molar refractivity (Wildman–Crippen MR) is 66.1 cm³/mol. The summed E-state index contributed by atoms with van der Waals surface area (Å²) in [5.41, 5.74) is 0. The topological polar surface area (TPSA) is 24.1 Å². The summed E-state index contributed by atoms with van der Waals surface area (Å²) in [4.78, 5) is 0. The molecule has 80 valence electrons. The van der Waals surface area contributed by atoms with E-state index in [1.54, 1.807) is 23.9 Å². The third-order valence-corrected chi connectivity index (χ3v) is 3.19. The molecule has 0 saturated heterocycles. The van der Waals surface area contributed by atoms with E-state index in [0.717, 1.165) is 0 Å². The van der Waals surface area contributed by atoms with Crippen molar-refractivity contribution >= 4 is 23.9 Å². The van der Waals surface area contributed by atoms with Crippen molar-refractivity contribution in [3.05, 3.63) is 0 Å². The first-order valence-corrected chi connectivity index (χ1v) is 7.28. The van der Waals surface area contributed by atoms with E-state index < -0.39 is 0 Å². The second-order valence-electron chi connectivity index (χ2n) is 3.18. The first-order chi connectivity index (χ1) is 6.26. The molecular weight excluding hydrogens is 200 g/mol. The first kappa shape index (κ1) is 13.6. The Bertz CT molecular complexity index is 112. The Balaban J connectivity index is 3.75. The molecule has 2 nitrogen and oxygen atoms in total. The maximum Gasteiger partial charge on any atom is 0.0331 e. The number of hydrogen-bond acceptors (Lipinski definition) is 4. The van der Waals surface area contributed by atoms with Gasteiger partial charge in [0.15, 0.2) is 0 Å². The monoisotopic (exact) mass is 222 g/mol. The third-order valence-electron chi connectivity index (χ3n) is 2.05. The number of unbranched alkanes of at least 4 members (excludes halogenated alkanes) is 1. The molecule has 4 heteroatoms. The molecule has 0 bridgehead atoms. The fraction of sp³-hybridized carbons (Fsp3) is 1.00. The van der Waals surface area contributed by atoms with Gasteiger partial charge in [-0.25, -0.2) is 0 Å². The van der Waals surface area contributed by atoms with Crippen molar-refractivity contribution in [2.24, 2.45) is 0 Å². The summed E-state index contributed by atoms with van der Waals surface area (Å²) >= 11 is 3.41. The molecule has 0 aromatic heterocycles. The van der Waals surface area contributed by atoms with Crippen LogP contribution in [0.1, 0.15) is 33.1 Å². The maximum atomic E-state index is 3.44. The van der Waals surface area contributed by atoms with E-state index >= 15 is 0 Å². The van der Waals surface area contributed by atoms with Gasteiger partial charge in [-0.3, -0.25) is 9.44 Å². The summed E-state index contributed by atoms with van der Waals surface area (Å²) in [6, 6.07) is 1.12. The summed E-state index contributed by atoms with van der Waals surface area (Å²) < 4.78 is 6.82. The normalized spacial score (nSPS) is 15.7. The van der Waals surface area contributed by atoms with Gasteiger partial charge in [-0.15, -0.1) is 0 Å². The maximum absolute atomic E-state index is 3.44. The van der Waals surface area contributed by atoms with Crippen LogP contribution in [0, 0.1) is 0 Å². The van der Waals surface area contributed by atoms with Gasteiger partial charge in [0.25, 0.3) is 0 Å². The van der Waals surface area contributed by atoms with Crippen molar-refractivity contribution in [1.82, 2.24) is 9.44 Å². The second-order valence-corrected chi connectivity index (χ2v) is 4.47. The predicted octanol–water partition coefficient (Wildman–Crippen LogP) is 2.67. The van der Waals surface area contributed by atoms with E-state index in [4.69, 9.17) is 0 Å². The van der Waals surface area contributed by atoms with Crippen LogP contribution in [0.2, 0.25) is 0 Å². The van der Waals surface area contributed by atoms with Crippen LogP contribution in [-0.4, -0.2) is 24.6 Å². The highest BCUT2D eigenvalue weighted by Crippen LogP contribution is 2.09. The fourth-order valence-corrected chi connectivity index (χ4v) is 2.42. The Kier molecular flexibility index (Phi) is 9.62. The molecule has 0 heterocycles. The van der Waals surface area contributed by atoms with Gasteiger partial charge in [0.05, 0.1) is 0 Å². The molecule has 0 aliphatic heterocycles. The lowest BCUT2D eigenvalue weighted by atomic mass is 10.1. The Morgan fingerprint density at radius 2 is 1.77 bits per heavy atom. The zero-order chi connectivity index (χ0) is 10.1. The third kappa shape index (κ3) is 6.66. The Morgan fingerprint density at radius 3 is 2.23 bits per heavy atom. The molecule has 2 unspecified atom stereocenters. The smallest absolute Gasteiger partial charge is 0.0331 e. The van der Waals surface area contributed by atoms with Crippen molar-refractivity contribution in [1.29, 1.82) is 0 Å². The lowest BCUT2D eigenvalue weighted by molar-refractivity contribution is 0.462. The van der Waals surface area contributed by atoms with E-state index in [1.165, 1.54) is 19.3 Å². The van der Waals surface area contributed by atoms with Gasteiger partial charge in [0, 0.05) is 12.1 Å². The Labute approximate surface area is 91.3 Å². The first-order valence-electron chi connectivity index (χ1n) is 4.83. The summed E-state index contributed by atoms with van der Waals surface area (Å²) in [5.74, 6) is 0. The minimum Gasteiger partial charge on any atom is -0.260 e. The molecule has 13 heavy (non-hydrogen) atoms. The van der Waals surface area contributed by atoms with Gasteiger partial charge in [-0.1, -0.05) is 43.7 Å². The van der Waals surface area contributed by atoms with Crippen molar-refractivity contribution in [3.8, 4) is 0 Å². The minimum absolute atomic E-state index is 0.536. The summed E-state index contributed by atoms with van der Waals surface area (Å²) in [6.07, 6.45) is 8.00. The molecule has 2 N–H and O–H groups in total. The van der Waals surface area contributed by atoms with Gasteiger partial charge in [-0.05, 0) is 25.9 Å². The minimum atomic E-state index is 0.536. The molecule has 0 aliphatic rings. The van der Waals surface area contributed by atoms with Gasteiger partial charge in [0.2, 0.25) is 0 Å². The summed E-state index contributed by atoms with van der Waals surface area (Å²) in [7, 11) is 0. The number of rotatable bonds is 8. The van der Waals surface area contributed by atoms with Gasteiger partial charge >= 0.3 is 0 Å². The van der Waals surface area contributed by atoms with E-state index in [1.807, 2.05) is 0 Å². The van der Waals surface area contributed by atoms with Crippen LogP contribution in [-0.2, 0) is 0 Å². The average molecular weight is 222 g/mol. The number of nitrogens with one attached hydrogen (secondary N) is 2. The van der Waals surface area contributed by atoms with Gasteiger partial charge < -0.3 is 0 Å². The largest absolute Gasteiger partial charge is 0.260 e. The average Bonchev–Trinajstić information content (AvgIpc) is 2.12. The van der Waals surface area contributed by atoms with Crippen LogP contribution in [0.25, 0.3) is 0 Å². The highest BCUT2D eigenvalue weighted by molar-refractivity contribution is 7.97. The molecule has 0 rings (SSSR count). The SMILES string of the molecule is CCCCC(NSC)C(C)NSC. The molecule has 0 radical (unpaired) electrons. The zero-order valence-corrected chi connectivity index (χ0v) is 10.7. The molecule has 2 atom stereocenters. The lowest BCUT2D eigenvalue weighted by Gasteiger charge is -2.24. The van der Waals surface area contributed by atoms with E-state index in [9.17, 15) is 0 Å². The Hall–Kier alpha value is 0.620. The van der Waals surface area contributed by atoms with Crippen LogP contribution in [0.15, 0.2) is 0 Å². The highest BCUT2D eigenvalue weighted by Gasteiger charge is 2.14. The van der Waals surface area contributed by atoms with Crippen LogP contribution >= 0.6 is 23.9 Å². The van der Waals surface area contributed by atoms with E-state index in [0.29, 0.717) is 12.1 Å². The number of hydrogen-bond donors (Lipinski definition) is 2. The summed E-state index contributed by atoms with van der Waals surface area (Å²) in [5, 5.41) is 0. The van der Waals surface area contributed by atoms with Crippen LogP contribution < -0.4 is 9.44 Å². The van der Waals surface area contributed by atoms with Crippen LogP contribution in [0.5, 0.6) is 0 Å². The van der Waals surface area contributed by atoms with Crippen LogP contribution in [0.4, 0.5) is 0 Å². The molecule has 0 fully saturated rings. The van der Waals surface area contributed by atoms with E-state index in [-0.39, 0.29) is 0 Å². The van der Waals surface area contributed by atoms with Gasteiger partial charge in [-0.2, -0.15) is 0 Å². The molecule has 0 saturated carbocycles.